The average molecular weight is 446 g/mol. The Morgan fingerprint density at radius 3 is 1.77 bits per heavy atom. The highest BCUT2D eigenvalue weighted by atomic mass is 16.4. The van der Waals surface area contributed by atoms with E-state index < -0.39 is 66.2 Å². The van der Waals surface area contributed by atoms with Crippen molar-refractivity contribution >= 4 is 35.6 Å². The first-order valence-electron chi connectivity index (χ1n) is 9.57. The van der Waals surface area contributed by atoms with Crippen molar-refractivity contribution in [3.63, 3.8) is 0 Å². The van der Waals surface area contributed by atoms with Crippen LogP contribution in [0, 0.1) is 5.92 Å². The number of carboxylic acid groups (broad SMARTS) is 3. The number of nitrogens with two attached hydrogens (primary N) is 1. The van der Waals surface area contributed by atoms with E-state index in [2.05, 4.69) is 10.6 Å². The van der Waals surface area contributed by atoms with Crippen LogP contribution >= 0.6 is 0 Å². The van der Waals surface area contributed by atoms with Gasteiger partial charge in [0.1, 0.15) is 18.1 Å². The van der Waals surface area contributed by atoms with Crippen LogP contribution in [0.3, 0.4) is 0 Å². The molecule has 176 valence electrons. The minimum absolute atomic E-state index is 0.0395. The summed E-state index contributed by atoms with van der Waals surface area (Å²) in [6, 6.07) is -5.13. The third-order valence-electron chi connectivity index (χ3n) is 4.09. The van der Waals surface area contributed by atoms with E-state index in [1.807, 2.05) is 5.32 Å². The zero-order valence-electron chi connectivity index (χ0n) is 17.6. The maximum Gasteiger partial charge on any atom is 0.326 e. The number of carboxylic acids is 3. The molecule has 0 saturated heterocycles. The Balaban J connectivity index is 5.07. The molecule has 0 aliphatic carbocycles. The number of aliphatic carboxylic acids is 3. The topological polar surface area (TPSA) is 225 Å². The van der Waals surface area contributed by atoms with Gasteiger partial charge in [-0.15, -0.1) is 0 Å². The summed E-state index contributed by atoms with van der Waals surface area (Å²) in [5.74, 6) is -6.52. The van der Waals surface area contributed by atoms with E-state index >= 15 is 0 Å². The van der Waals surface area contributed by atoms with Crippen LogP contribution in [0.25, 0.3) is 0 Å². The lowest BCUT2D eigenvalue weighted by atomic mass is 10.0. The van der Waals surface area contributed by atoms with Gasteiger partial charge < -0.3 is 37.0 Å². The molecule has 0 rings (SSSR count). The van der Waals surface area contributed by atoms with Crippen LogP contribution in [-0.4, -0.2) is 75.1 Å². The van der Waals surface area contributed by atoms with Gasteiger partial charge in [0, 0.05) is 6.42 Å². The van der Waals surface area contributed by atoms with Crippen LogP contribution in [-0.2, 0) is 28.8 Å². The summed E-state index contributed by atoms with van der Waals surface area (Å²) in [4.78, 5) is 69.3. The van der Waals surface area contributed by atoms with E-state index in [-0.39, 0.29) is 25.2 Å². The maximum atomic E-state index is 12.6. The summed E-state index contributed by atoms with van der Waals surface area (Å²) in [7, 11) is 0. The summed E-state index contributed by atoms with van der Waals surface area (Å²) in [5.41, 5.74) is 5.64. The van der Waals surface area contributed by atoms with Crippen molar-refractivity contribution in [1.82, 2.24) is 16.0 Å². The van der Waals surface area contributed by atoms with Crippen LogP contribution in [0.5, 0.6) is 0 Å². The highest BCUT2D eigenvalue weighted by molar-refractivity contribution is 5.94. The lowest BCUT2D eigenvalue weighted by molar-refractivity contribution is -0.147. The molecule has 0 aliphatic heterocycles. The molecule has 0 spiro atoms. The van der Waals surface area contributed by atoms with Gasteiger partial charge in [-0.1, -0.05) is 13.8 Å². The van der Waals surface area contributed by atoms with Crippen molar-refractivity contribution < 1.29 is 44.1 Å². The minimum Gasteiger partial charge on any atom is -0.481 e. The highest BCUT2D eigenvalue weighted by Crippen LogP contribution is 2.07. The molecular formula is C18H30N4O9. The number of hydrogen-bond acceptors (Lipinski definition) is 7. The Hall–Kier alpha value is -3.22. The SMILES string of the molecule is CC(C)CC(NC(=O)C(N)CCC(=O)O)C(=O)NC(C)C(=O)NC(CC(=O)O)C(=O)O. The standard InChI is InChI=1S/C18H30N4O9/c1-8(2)6-11(21-16(28)10(19)4-5-13(23)24)17(29)20-9(3)15(27)22-12(18(30)31)7-14(25)26/h8-12H,4-7,19H2,1-3H3,(H,20,29)(H,21,28)(H,22,27)(H,23,24)(H,25,26)(H,30,31). The molecule has 13 heteroatoms. The molecule has 13 nitrogen and oxygen atoms in total. The van der Waals surface area contributed by atoms with Gasteiger partial charge in [0.05, 0.1) is 12.5 Å². The smallest absolute Gasteiger partial charge is 0.326 e. The van der Waals surface area contributed by atoms with Crippen molar-refractivity contribution in [3.05, 3.63) is 0 Å². The van der Waals surface area contributed by atoms with Crippen molar-refractivity contribution in [1.29, 1.82) is 0 Å². The molecule has 0 aromatic rings. The minimum atomic E-state index is -1.68. The van der Waals surface area contributed by atoms with Crippen LogP contribution in [0.1, 0.15) is 46.5 Å². The third kappa shape index (κ3) is 11.5. The fourth-order valence-electron chi connectivity index (χ4n) is 2.44. The Kier molecular flexibility index (Phi) is 11.8. The van der Waals surface area contributed by atoms with Gasteiger partial charge in [0.2, 0.25) is 17.7 Å². The average Bonchev–Trinajstić information content (AvgIpc) is 2.63. The molecule has 0 aromatic heterocycles. The van der Waals surface area contributed by atoms with Crippen LogP contribution in [0.4, 0.5) is 0 Å². The van der Waals surface area contributed by atoms with E-state index in [1.165, 1.54) is 6.92 Å². The van der Waals surface area contributed by atoms with Crippen molar-refractivity contribution in [2.75, 3.05) is 0 Å². The number of amides is 3. The molecule has 4 atom stereocenters. The quantitative estimate of drug-likeness (QED) is 0.159. The Morgan fingerprint density at radius 1 is 0.774 bits per heavy atom. The van der Waals surface area contributed by atoms with E-state index in [0.29, 0.717) is 0 Å². The van der Waals surface area contributed by atoms with Gasteiger partial charge in [0.15, 0.2) is 0 Å². The predicted octanol–water partition coefficient (Wildman–Crippen LogP) is -1.74. The number of carbonyl (C=O) groups excluding carboxylic acids is 3. The fourth-order valence-corrected chi connectivity index (χ4v) is 2.44. The van der Waals surface area contributed by atoms with E-state index in [0.717, 1.165) is 0 Å². The predicted molar refractivity (Wildman–Crippen MR) is 106 cm³/mol. The van der Waals surface area contributed by atoms with Gasteiger partial charge >= 0.3 is 17.9 Å². The van der Waals surface area contributed by atoms with E-state index in [4.69, 9.17) is 21.1 Å². The first kappa shape index (κ1) is 27.8. The number of rotatable bonds is 14. The van der Waals surface area contributed by atoms with Gasteiger partial charge in [-0.05, 0) is 25.7 Å². The Morgan fingerprint density at radius 2 is 1.32 bits per heavy atom. The zero-order chi connectivity index (χ0) is 24.3. The fraction of sp³-hybridized carbons (Fsp3) is 0.667. The molecule has 0 aliphatic rings. The van der Waals surface area contributed by atoms with Crippen molar-refractivity contribution in [2.24, 2.45) is 11.7 Å². The van der Waals surface area contributed by atoms with Gasteiger partial charge in [-0.2, -0.15) is 0 Å². The number of carbonyl (C=O) groups is 6. The van der Waals surface area contributed by atoms with Gasteiger partial charge in [0.25, 0.3) is 0 Å². The van der Waals surface area contributed by atoms with Crippen molar-refractivity contribution in [3.8, 4) is 0 Å². The summed E-state index contributed by atoms with van der Waals surface area (Å²) in [6.07, 6.45) is -1.11. The monoisotopic (exact) mass is 446 g/mol. The lowest BCUT2D eigenvalue weighted by Gasteiger charge is -2.24. The normalized spacial score (nSPS) is 14.6. The summed E-state index contributed by atoms with van der Waals surface area (Å²) in [5, 5.41) is 33.2. The molecule has 0 aromatic carbocycles. The molecule has 31 heavy (non-hydrogen) atoms. The molecular weight excluding hydrogens is 416 g/mol. The summed E-state index contributed by atoms with van der Waals surface area (Å²) in [6.45, 7) is 4.84. The first-order chi connectivity index (χ1) is 14.2. The number of hydrogen-bond donors (Lipinski definition) is 7. The molecule has 3 amide bonds. The summed E-state index contributed by atoms with van der Waals surface area (Å²) < 4.78 is 0. The van der Waals surface area contributed by atoms with Crippen LogP contribution in [0.15, 0.2) is 0 Å². The maximum absolute atomic E-state index is 12.6. The van der Waals surface area contributed by atoms with E-state index in [9.17, 15) is 28.8 Å². The summed E-state index contributed by atoms with van der Waals surface area (Å²) >= 11 is 0. The zero-order valence-corrected chi connectivity index (χ0v) is 17.6. The molecule has 0 fully saturated rings. The second-order valence-corrected chi connectivity index (χ2v) is 7.46. The largest absolute Gasteiger partial charge is 0.481 e. The lowest BCUT2D eigenvalue weighted by Crippen LogP contribution is -2.56. The van der Waals surface area contributed by atoms with Gasteiger partial charge in [-0.25, -0.2) is 4.79 Å². The van der Waals surface area contributed by atoms with E-state index in [1.54, 1.807) is 13.8 Å². The molecule has 8 N–H and O–H groups in total. The van der Waals surface area contributed by atoms with Gasteiger partial charge in [-0.3, -0.25) is 24.0 Å². The Labute approximate surface area is 178 Å². The van der Waals surface area contributed by atoms with Crippen molar-refractivity contribution in [2.45, 2.75) is 70.6 Å². The molecule has 0 radical (unpaired) electrons. The molecule has 0 saturated carbocycles. The third-order valence-corrected chi connectivity index (χ3v) is 4.09. The molecule has 4 unspecified atom stereocenters. The number of nitrogens with one attached hydrogen (secondary N) is 3. The second kappa shape index (κ2) is 13.2. The molecule has 0 bridgehead atoms. The Bertz CT molecular complexity index is 696. The molecule has 0 heterocycles. The first-order valence-corrected chi connectivity index (χ1v) is 9.57. The van der Waals surface area contributed by atoms with Crippen LogP contribution < -0.4 is 21.7 Å². The highest BCUT2D eigenvalue weighted by Gasteiger charge is 2.29. The van der Waals surface area contributed by atoms with Crippen LogP contribution in [0.2, 0.25) is 0 Å². The second-order valence-electron chi connectivity index (χ2n) is 7.46.